The van der Waals surface area contributed by atoms with Gasteiger partial charge in [-0.15, -0.1) is 0 Å². The molecule has 3 atom stereocenters. The van der Waals surface area contributed by atoms with Gasteiger partial charge in [0.2, 0.25) is 0 Å². The molecule has 1 saturated heterocycles. The van der Waals surface area contributed by atoms with E-state index in [1.807, 2.05) is 6.92 Å². The van der Waals surface area contributed by atoms with Gasteiger partial charge in [0.25, 0.3) is 8.68 Å². The first-order valence-corrected chi connectivity index (χ1v) is 16.0. The van der Waals surface area contributed by atoms with E-state index in [2.05, 4.69) is 44.8 Å². The summed E-state index contributed by atoms with van der Waals surface area (Å²) in [7, 11) is -5.73. The largest absolute Gasteiger partial charge is 0.455 e. The van der Waals surface area contributed by atoms with Crippen molar-refractivity contribution in [3.05, 3.63) is 0 Å². The van der Waals surface area contributed by atoms with Crippen LogP contribution in [-0.2, 0) is 22.9 Å². The third-order valence-electron chi connectivity index (χ3n) is 5.19. The van der Waals surface area contributed by atoms with Gasteiger partial charge in [0.05, 0.1) is 12.3 Å². The molecule has 0 saturated carbocycles. The van der Waals surface area contributed by atoms with Crippen molar-refractivity contribution in [1.82, 2.24) is 0 Å². The van der Waals surface area contributed by atoms with Gasteiger partial charge < -0.3 is 13.3 Å². The normalized spacial score (nSPS) is 22.0. The fraction of sp³-hybridized carbons (Fsp3) is 0.867. The van der Waals surface area contributed by atoms with Crippen LogP contribution in [0.15, 0.2) is 0 Å². The molecule has 132 valence electrons. The SMILES string of the molecule is CC[Si](=O)C(C)[Si](C)(C)O[Si](C)(C)C(C)CC1CC(=O)OC1=O. The molecule has 1 aliphatic heterocycles. The maximum absolute atomic E-state index is 12.2. The van der Waals surface area contributed by atoms with E-state index < -0.39 is 37.3 Å². The van der Waals surface area contributed by atoms with Gasteiger partial charge in [-0.25, -0.2) is 0 Å². The van der Waals surface area contributed by atoms with Crippen LogP contribution in [-0.4, -0.2) is 37.3 Å². The highest BCUT2D eigenvalue weighted by atomic mass is 28.4. The Bertz CT molecular complexity index is 490. The Morgan fingerprint density at radius 2 is 1.78 bits per heavy atom. The van der Waals surface area contributed by atoms with Crippen molar-refractivity contribution in [3.8, 4) is 0 Å². The molecule has 0 N–H and O–H groups in total. The van der Waals surface area contributed by atoms with Crippen molar-refractivity contribution in [2.24, 2.45) is 5.92 Å². The minimum absolute atomic E-state index is 0.148. The zero-order chi connectivity index (χ0) is 18.0. The minimum atomic E-state index is -2.06. The fourth-order valence-corrected chi connectivity index (χ4v) is 15.6. The highest BCUT2D eigenvalue weighted by Gasteiger charge is 2.44. The molecule has 23 heavy (non-hydrogen) atoms. The van der Waals surface area contributed by atoms with Crippen LogP contribution in [0.1, 0.15) is 33.6 Å². The van der Waals surface area contributed by atoms with E-state index in [0.717, 1.165) is 6.04 Å². The van der Waals surface area contributed by atoms with Crippen molar-refractivity contribution in [3.63, 3.8) is 0 Å². The second kappa shape index (κ2) is 7.62. The van der Waals surface area contributed by atoms with Crippen LogP contribution in [0.3, 0.4) is 0 Å². The maximum Gasteiger partial charge on any atom is 0.317 e. The first-order chi connectivity index (χ1) is 10.4. The summed E-state index contributed by atoms with van der Waals surface area (Å²) in [6.07, 6.45) is 0.819. The zero-order valence-corrected chi connectivity index (χ0v) is 18.4. The van der Waals surface area contributed by atoms with Gasteiger partial charge in [0.15, 0.2) is 16.6 Å². The number of ether oxygens (including phenoxy) is 1. The Morgan fingerprint density at radius 3 is 2.22 bits per heavy atom. The van der Waals surface area contributed by atoms with Gasteiger partial charge in [-0.1, -0.05) is 20.8 Å². The maximum atomic E-state index is 12.2. The lowest BCUT2D eigenvalue weighted by Crippen LogP contribution is -2.51. The van der Waals surface area contributed by atoms with Crippen molar-refractivity contribution in [1.29, 1.82) is 0 Å². The zero-order valence-electron chi connectivity index (χ0n) is 15.4. The molecule has 1 aliphatic rings. The van der Waals surface area contributed by atoms with Crippen LogP contribution in [0.25, 0.3) is 0 Å². The van der Waals surface area contributed by atoms with Gasteiger partial charge in [0.1, 0.15) is 0 Å². The molecular weight excluding hydrogens is 344 g/mol. The van der Waals surface area contributed by atoms with Crippen molar-refractivity contribution >= 4 is 37.3 Å². The Morgan fingerprint density at radius 1 is 1.22 bits per heavy atom. The molecular formula is C15H30O5Si3. The molecule has 0 amide bonds. The summed E-state index contributed by atoms with van der Waals surface area (Å²) in [6.45, 7) is 14.7. The predicted octanol–water partition coefficient (Wildman–Crippen LogP) is 3.65. The van der Waals surface area contributed by atoms with E-state index >= 15 is 0 Å². The average molecular weight is 375 g/mol. The highest BCUT2D eigenvalue weighted by Crippen LogP contribution is 2.37. The lowest BCUT2D eigenvalue weighted by Gasteiger charge is -2.40. The Kier molecular flexibility index (Phi) is 6.83. The smallest absolute Gasteiger partial charge is 0.317 e. The second-order valence-electron chi connectivity index (χ2n) is 7.68. The lowest BCUT2D eigenvalue weighted by molar-refractivity contribution is -0.153. The van der Waals surface area contributed by atoms with Gasteiger partial charge in [-0.2, -0.15) is 0 Å². The molecule has 0 aliphatic carbocycles. The molecule has 8 heteroatoms. The lowest BCUT2D eigenvalue weighted by atomic mass is 10.0. The summed E-state index contributed by atoms with van der Waals surface area (Å²) in [5.41, 5.74) is 0.230. The van der Waals surface area contributed by atoms with Gasteiger partial charge >= 0.3 is 11.9 Å². The molecule has 5 nitrogen and oxygen atoms in total. The van der Waals surface area contributed by atoms with Crippen molar-refractivity contribution in [2.45, 2.75) is 76.6 Å². The van der Waals surface area contributed by atoms with Crippen LogP contribution in [0.2, 0.25) is 42.9 Å². The van der Waals surface area contributed by atoms with Crippen LogP contribution in [0, 0.1) is 5.92 Å². The number of carbonyl (C=O) groups is 2. The van der Waals surface area contributed by atoms with E-state index in [9.17, 15) is 14.1 Å². The summed E-state index contributed by atoms with van der Waals surface area (Å²) >= 11 is 0. The Balaban J connectivity index is 2.75. The summed E-state index contributed by atoms with van der Waals surface area (Å²) in [4.78, 5) is 22.9. The van der Waals surface area contributed by atoms with Gasteiger partial charge in [-0.05, 0) is 44.2 Å². The first-order valence-electron chi connectivity index (χ1n) is 8.38. The van der Waals surface area contributed by atoms with Crippen molar-refractivity contribution in [2.75, 3.05) is 0 Å². The Labute approximate surface area is 143 Å². The van der Waals surface area contributed by atoms with Crippen LogP contribution in [0.5, 0.6) is 0 Å². The van der Waals surface area contributed by atoms with Gasteiger partial charge in [-0.3, -0.25) is 9.59 Å². The Hall–Kier alpha value is -0.449. The van der Waals surface area contributed by atoms with E-state index in [0.29, 0.717) is 6.42 Å². The summed E-state index contributed by atoms with van der Waals surface area (Å²) in [5.74, 6) is -1.14. The van der Waals surface area contributed by atoms with Crippen LogP contribution >= 0.6 is 0 Å². The number of esters is 2. The standard InChI is InChI=1S/C15H30O5Si3/c1-8-21(18)12(3)23(6,7)20-22(4,5)11(2)9-13-10-14(16)19-15(13)17/h11-13H,8-10H2,1-7H3. The van der Waals surface area contributed by atoms with Crippen LogP contribution < -0.4 is 0 Å². The number of hydrogen-bond acceptors (Lipinski definition) is 5. The molecule has 1 rings (SSSR count). The number of cyclic esters (lactones) is 2. The monoisotopic (exact) mass is 374 g/mol. The van der Waals surface area contributed by atoms with E-state index in [1.165, 1.54) is 0 Å². The summed E-state index contributed by atoms with van der Waals surface area (Å²) in [6, 6.07) is 0.721. The number of rotatable bonds is 8. The highest BCUT2D eigenvalue weighted by molar-refractivity contribution is 6.90. The van der Waals surface area contributed by atoms with Crippen molar-refractivity contribution < 1.29 is 22.9 Å². The molecule has 0 aromatic heterocycles. The quantitative estimate of drug-likeness (QED) is 0.368. The molecule has 0 spiro atoms. The number of hydrogen-bond donors (Lipinski definition) is 0. The molecule has 0 bridgehead atoms. The molecule has 0 aromatic carbocycles. The fourth-order valence-electron chi connectivity index (χ4n) is 2.97. The minimum Gasteiger partial charge on any atom is -0.455 e. The second-order valence-corrected chi connectivity index (χ2v) is 19.8. The summed E-state index contributed by atoms with van der Waals surface area (Å²) in [5, 5.41) is 0.148. The molecule has 1 fully saturated rings. The topological polar surface area (TPSA) is 69.7 Å². The third-order valence-corrected chi connectivity index (χ3v) is 18.8. The number of carbonyl (C=O) groups excluding carboxylic acids is 2. The van der Waals surface area contributed by atoms with E-state index in [4.69, 9.17) is 4.12 Å². The van der Waals surface area contributed by atoms with E-state index in [1.54, 1.807) is 0 Å². The van der Waals surface area contributed by atoms with E-state index in [-0.39, 0.29) is 23.0 Å². The van der Waals surface area contributed by atoms with Crippen LogP contribution in [0.4, 0.5) is 0 Å². The average Bonchev–Trinajstić information content (AvgIpc) is 2.73. The first kappa shape index (κ1) is 20.6. The van der Waals surface area contributed by atoms with Gasteiger partial charge in [0, 0.05) is 5.16 Å². The molecule has 0 aromatic rings. The third kappa shape index (κ3) is 5.27. The predicted molar refractivity (Wildman–Crippen MR) is 95.6 cm³/mol. The molecule has 1 heterocycles. The summed E-state index contributed by atoms with van der Waals surface area (Å²) < 4.78 is 23.5. The molecule has 3 unspecified atom stereocenters. The molecule has 0 radical (unpaired) electrons.